The summed E-state index contributed by atoms with van der Waals surface area (Å²) in [5.74, 6) is 0.434. The highest BCUT2D eigenvalue weighted by atomic mass is 15.5. The normalized spacial score (nSPS) is 11.7. The van der Waals surface area contributed by atoms with Crippen LogP contribution in [0.25, 0.3) is 5.69 Å². The summed E-state index contributed by atoms with van der Waals surface area (Å²) >= 11 is 0. The van der Waals surface area contributed by atoms with E-state index in [4.69, 9.17) is 5.73 Å². The van der Waals surface area contributed by atoms with Crippen LogP contribution in [0.3, 0.4) is 0 Å². The van der Waals surface area contributed by atoms with Crippen molar-refractivity contribution in [3.8, 4) is 5.69 Å². The Morgan fingerprint density at radius 3 is 2.44 bits per heavy atom. The van der Waals surface area contributed by atoms with E-state index in [1.807, 2.05) is 18.2 Å². The van der Waals surface area contributed by atoms with Gasteiger partial charge in [0.15, 0.2) is 5.82 Å². The minimum atomic E-state index is 0.0545. The third-order valence-corrected chi connectivity index (χ3v) is 2.44. The van der Waals surface area contributed by atoms with Crippen molar-refractivity contribution in [2.45, 2.75) is 26.2 Å². The molecule has 0 radical (unpaired) electrons. The Hall–Kier alpha value is -1.84. The van der Waals surface area contributed by atoms with Crippen LogP contribution in [0, 0.1) is 0 Å². The van der Waals surface area contributed by atoms with Crippen molar-refractivity contribution in [3.63, 3.8) is 0 Å². The van der Waals surface area contributed by atoms with Crippen molar-refractivity contribution in [2.24, 2.45) is 0 Å². The highest BCUT2D eigenvalue weighted by Gasteiger charge is 2.19. The summed E-state index contributed by atoms with van der Waals surface area (Å²) in [7, 11) is 0. The van der Waals surface area contributed by atoms with Gasteiger partial charge in [0.05, 0.1) is 11.9 Å². The molecule has 0 saturated carbocycles. The number of benzene rings is 1. The van der Waals surface area contributed by atoms with Crippen molar-refractivity contribution in [3.05, 3.63) is 36.0 Å². The molecule has 0 unspecified atom stereocenters. The van der Waals surface area contributed by atoms with E-state index < -0.39 is 0 Å². The zero-order valence-electron chi connectivity index (χ0n) is 9.81. The predicted molar refractivity (Wildman–Crippen MR) is 64.5 cm³/mol. The fourth-order valence-electron chi connectivity index (χ4n) is 1.67. The van der Waals surface area contributed by atoms with Crippen LogP contribution < -0.4 is 5.73 Å². The summed E-state index contributed by atoms with van der Waals surface area (Å²) in [4.78, 5) is 1.58. The summed E-state index contributed by atoms with van der Waals surface area (Å²) in [6, 6.07) is 8.09. The first-order chi connectivity index (χ1) is 7.48. The lowest BCUT2D eigenvalue weighted by Crippen LogP contribution is -2.16. The zero-order chi connectivity index (χ0) is 11.8. The van der Waals surface area contributed by atoms with Crippen molar-refractivity contribution in [1.82, 2.24) is 15.0 Å². The van der Waals surface area contributed by atoms with E-state index in [1.54, 1.807) is 11.0 Å². The monoisotopic (exact) mass is 216 g/mol. The van der Waals surface area contributed by atoms with E-state index in [0.29, 0.717) is 5.82 Å². The highest BCUT2D eigenvalue weighted by Crippen LogP contribution is 2.27. The van der Waals surface area contributed by atoms with Gasteiger partial charge in [0.25, 0.3) is 0 Å². The van der Waals surface area contributed by atoms with Crippen LogP contribution in [0.15, 0.2) is 30.5 Å². The smallest absolute Gasteiger partial charge is 0.166 e. The molecule has 2 aromatic rings. The van der Waals surface area contributed by atoms with Crippen molar-refractivity contribution < 1.29 is 0 Å². The third kappa shape index (κ3) is 1.91. The maximum atomic E-state index is 5.58. The molecule has 0 bridgehead atoms. The average molecular weight is 216 g/mol. The number of anilines is 1. The fraction of sp³-hybridized carbons (Fsp3) is 0.333. The summed E-state index contributed by atoms with van der Waals surface area (Å²) in [6.07, 6.45) is 1.56. The van der Waals surface area contributed by atoms with Gasteiger partial charge < -0.3 is 5.73 Å². The van der Waals surface area contributed by atoms with Crippen molar-refractivity contribution in [2.75, 3.05) is 5.73 Å². The van der Waals surface area contributed by atoms with E-state index in [2.05, 4.69) is 37.0 Å². The van der Waals surface area contributed by atoms with Gasteiger partial charge in [-0.15, -0.1) is 9.90 Å². The SMILES string of the molecule is CC(C)(C)c1ccccc1-n1ncc(N)n1. The number of nitrogen functional groups attached to an aromatic ring is 1. The molecule has 0 spiro atoms. The molecule has 0 aliphatic rings. The maximum absolute atomic E-state index is 5.58. The Morgan fingerprint density at radius 2 is 1.88 bits per heavy atom. The molecule has 1 aromatic carbocycles. The zero-order valence-corrected chi connectivity index (χ0v) is 9.81. The molecule has 1 heterocycles. The number of hydrogen-bond acceptors (Lipinski definition) is 3. The van der Waals surface area contributed by atoms with Crippen LogP contribution in [0.5, 0.6) is 0 Å². The van der Waals surface area contributed by atoms with Gasteiger partial charge in [-0.1, -0.05) is 39.0 Å². The first kappa shape index (κ1) is 10.7. The fourth-order valence-corrected chi connectivity index (χ4v) is 1.67. The lowest BCUT2D eigenvalue weighted by atomic mass is 9.86. The lowest BCUT2D eigenvalue weighted by molar-refractivity contribution is 0.577. The lowest BCUT2D eigenvalue weighted by Gasteiger charge is -2.21. The van der Waals surface area contributed by atoms with Gasteiger partial charge in [-0.3, -0.25) is 0 Å². The molecule has 2 rings (SSSR count). The van der Waals surface area contributed by atoms with Crippen LogP contribution in [-0.2, 0) is 5.41 Å². The number of nitrogens with zero attached hydrogens (tertiary/aromatic N) is 3. The minimum absolute atomic E-state index is 0.0545. The predicted octanol–water partition coefficient (Wildman–Crippen LogP) is 2.15. The molecule has 1 aromatic heterocycles. The highest BCUT2D eigenvalue weighted by molar-refractivity contribution is 5.44. The molecule has 4 nitrogen and oxygen atoms in total. The van der Waals surface area contributed by atoms with E-state index in [9.17, 15) is 0 Å². The van der Waals surface area contributed by atoms with Gasteiger partial charge in [0.1, 0.15) is 0 Å². The molecule has 0 amide bonds. The number of nitrogens with two attached hydrogens (primary N) is 1. The molecule has 0 saturated heterocycles. The molecule has 0 fully saturated rings. The molecule has 0 aliphatic carbocycles. The number of aromatic nitrogens is 3. The van der Waals surface area contributed by atoms with Crippen LogP contribution in [0.1, 0.15) is 26.3 Å². The summed E-state index contributed by atoms with van der Waals surface area (Å²) in [6.45, 7) is 6.50. The molecular formula is C12H16N4. The Morgan fingerprint density at radius 1 is 1.19 bits per heavy atom. The molecule has 2 N–H and O–H groups in total. The van der Waals surface area contributed by atoms with E-state index in [1.165, 1.54) is 5.56 Å². The van der Waals surface area contributed by atoms with Crippen LogP contribution in [0.4, 0.5) is 5.82 Å². The number of para-hydroxylation sites is 1. The number of hydrogen-bond donors (Lipinski definition) is 1. The second kappa shape index (κ2) is 3.63. The third-order valence-electron chi connectivity index (χ3n) is 2.44. The second-order valence-corrected chi connectivity index (χ2v) is 4.83. The molecule has 0 aliphatic heterocycles. The topological polar surface area (TPSA) is 56.7 Å². The quantitative estimate of drug-likeness (QED) is 0.794. The van der Waals surface area contributed by atoms with Crippen LogP contribution in [0.2, 0.25) is 0 Å². The first-order valence-electron chi connectivity index (χ1n) is 5.26. The van der Waals surface area contributed by atoms with Crippen molar-refractivity contribution in [1.29, 1.82) is 0 Å². The summed E-state index contributed by atoms with van der Waals surface area (Å²) < 4.78 is 0. The summed E-state index contributed by atoms with van der Waals surface area (Å²) in [5.41, 5.74) is 7.81. The molecule has 4 heteroatoms. The van der Waals surface area contributed by atoms with Gasteiger partial charge >= 0.3 is 0 Å². The average Bonchev–Trinajstić information content (AvgIpc) is 2.64. The largest absolute Gasteiger partial charge is 0.381 e. The Balaban J connectivity index is 2.57. The molecular weight excluding hydrogens is 200 g/mol. The Bertz CT molecular complexity index is 494. The second-order valence-electron chi connectivity index (χ2n) is 4.83. The first-order valence-corrected chi connectivity index (χ1v) is 5.26. The van der Waals surface area contributed by atoms with Crippen LogP contribution in [-0.4, -0.2) is 15.0 Å². The standard InChI is InChI=1S/C12H16N4/c1-12(2,3)9-6-4-5-7-10(9)16-14-8-11(13)15-16/h4-8H,1-3H3,(H2,13,15). The molecule has 0 atom stereocenters. The molecule has 16 heavy (non-hydrogen) atoms. The molecule has 84 valence electrons. The van der Waals surface area contributed by atoms with Gasteiger partial charge in [0.2, 0.25) is 0 Å². The van der Waals surface area contributed by atoms with Gasteiger partial charge in [-0.25, -0.2) is 0 Å². The van der Waals surface area contributed by atoms with Crippen LogP contribution >= 0.6 is 0 Å². The van der Waals surface area contributed by atoms with E-state index in [-0.39, 0.29) is 5.41 Å². The van der Waals surface area contributed by atoms with E-state index >= 15 is 0 Å². The van der Waals surface area contributed by atoms with Crippen molar-refractivity contribution >= 4 is 5.82 Å². The van der Waals surface area contributed by atoms with Gasteiger partial charge in [-0.2, -0.15) is 5.10 Å². The summed E-state index contributed by atoms with van der Waals surface area (Å²) in [5, 5.41) is 8.28. The maximum Gasteiger partial charge on any atom is 0.166 e. The van der Waals surface area contributed by atoms with E-state index in [0.717, 1.165) is 5.69 Å². The van der Waals surface area contributed by atoms with Gasteiger partial charge in [-0.05, 0) is 17.0 Å². The minimum Gasteiger partial charge on any atom is -0.381 e. The number of rotatable bonds is 1. The Kier molecular flexibility index (Phi) is 2.42. The van der Waals surface area contributed by atoms with Gasteiger partial charge in [0, 0.05) is 0 Å². The Labute approximate surface area is 95.1 Å².